The van der Waals surface area contributed by atoms with Gasteiger partial charge in [0.05, 0.1) is 0 Å². The van der Waals surface area contributed by atoms with Crippen molar-refractivity contribution in [2.75, 3.05) is 23.7 Å². The number of pyridine rings is 1. The quantitative estimate of drug-likeness (QED) is 0.916. The molecule has 0 aliphatic carbocycles. The average molecular weight is 308 g/mol. The Morgan fingerprint density at radius 2 is 2.04 bits per heavy atom. The maximum atomic E-state index is 12.2. The van der Waals surface area contributed by atoms with E-state index >= 15 is 0 Å². The Balaban J connectivity index is 1.44. The van der Waals surface area contributed by atoms with Crippen molar-refractivity contribution in [3.05, 3.63) is 53.2 Å². The zero-order chi connectivity index (χ0) is 15.6. The van der Waals surface area contributed by atoms with Crippen molar-refractivity contribution < 1.29 is 4.79 Å². The molecular formula is C18H20N4O. The maximum Gasteiger partial charge on any atom is 0.322 e. The van der Waals surface area contributed by atoms with Gasteiger partial charge in [0.2, 0.25) is 0 Å². The molecular weight excluding hydrogens is 288 g/mol. The molecule has 0 atom stereocenters. The van der Waals surface area contributed by atoms with E-state index in [1.54, 1.807) is 0 Å². The van der Waals surface area contributed by atoms with E-state index in [0.29, 0.717) is 13.1 Å². The molecule has 1 aromatic carbocycles. The van der Waals surface area contributed by atoms with Crippen LogP contribution in [0.2, 0.25) is 0 Å². The fraction of sp³-hybridized carbons (Fsp3) is 0.333. The highest BCUT2D eigenvalue weighted by Gasteiger charge is 2.22. The van der Waals surface area contributed by atoms with E-state index in [9.17, 15) is 4.79 Å². The lowest BCUT2D eigenvalue weighted by Gasteiger charge is -2.29. The summed E-state index contributed by atoms with van der Waals surface area (Å²) in [6.45, 7) is 2.33. The van der Waals surface area contributed by atoms with Crippen molar-refractivity contribution in [3.63, 3.8) is 0 Å². The summed E-state index contributed by atoms with van der Waals surface area (Å²) in [6.07, 6.45) is 3.03. The van der Waals surface area contributed by atoms with Crippen molar-refractivity contribution in [2.45, 2.75) is 25.8 Å². The van der Waals surface area contributed by atoms with Crippen molar-refractivity contribution in [1.82, 2.24) is 9.88 Å². The van der Waals surface area contributed by atoms with Crippen molar-refractivity contribution in [3.8, 4) is 0 Å². The summed E-state index contributed by atoms with van der Waals surface area (Å²) in [5.74, 6) is 1.02. The minimum atomic E-state index is -0.0280. The second kappa shape index (κ2) is 5.91. The summed E-state index contributed by atoms with van der Waals surface area (Å²) < 4.78 is 0. The summed E-state index contributed by atoms with van der Waals surface area (Å²) in [5, 5.41) is 6.31. The number of fused-ring (bicyclic) bond motifs is 2. The van der Waals surface area contributed by atoms with Crippen LogP contribution in [-0.2, 0) is 19.4 Å². The van der Waals surface area contributed by atoms with Crippen LogP contribution in [0, 0.1) is 0 Å². The smallest absolute Gasteiger partial charge is 0.322 e. The van der Waals surface area contributed by atoms with Gasteiger partial charge < -0.3 is 15.5 Å². The molecule has 2 aliphatic rings. The van der Waals surface area contributed by atoms with E-state index in [-0.39, 0.29) is 6.03 Å². The number of nitrogens with one attached hydrogen (secondary N) is 2. The van der Waals surface area contributed by atoms with Gasteiger partial charge >= 0.3 is 6.03 Å². The number of hydrogen-bond acceptors (Lipinski definition) is 3. The molecule has 4 rings (SSSR count). The largest absolute Gasteiger partial charge is 0.370 e. The molecule has 2 N–H and O–H groups in total. The monoisotopic (exact) mass is 308 g/mol. The molecule has 0 spiro atoms. The predicted molar refractivity (Wildman–Crippen MR) is 90.6 cm³/mol. The molecule has 2 aromatic rings. The first kappa shape index (κ1) is 14.1. The number of carbonyl (C=O) groups is 1. The number of aryl methyl sites for hydroxylation is 1. The molecule has 0 radical (unpaired) electrons. The van der Waals surface area contributed by atoms with E-state index in [1.165, 1.54) is 12.0 Å². The lowest BCUT2D eigenvalue weighted by Crippen LogP contribution is -2.39. The van der Waals surface area contributed by atoms with Gasteiger partial charge in [-0.2, -0.15) is 0 Å². The second-order valence-electron chi connectivity index (χ2n) is 6.10. The summed E-state index contributed by atoms with van der Waals surface area (Å²) in [5.41, 5.74) is 4.41. The number of carbonyl (C=O) groups excluding carboxylic acids is 1. The number of nitrogens with zero attached hydrogens (tertiary/aromatic N) is 2. The van der Waals surface area contributed by atoms with Crippen LogP contribution < -0.4 is 10.6 Å². The van der Waals surface area contributed by atoms with Gasteiger partial charge in [0.1, 0.15) is 5.82 Å². The van der Waals surface area contributed by atoms with Crippen LogP contribution in [0.1, 0.15) is 23.2 Å². The van der Waals surface area contributed by atoms with E-state index in [1.807, 2.05) is 23.1 Å². The van der Waals surface area contributed by atoms with Gasteiger partial charge in [0.25, 0.3) is 0 Å². The molecule has 0 saturated carbocycles. The number of anilines is 2. The number of urea groups is 1. The standard InChI is InChI=1S/C18H20N4O/c23-18-21-16-6-2-1-4-14(16)12-22(18)11-9-15-8-7-13-5-3-10-19-17(13)20-15/h1-2,4,6-8H,3,5,9-12H2,(H,19,20)(H,21,23). The molecule has 0 fully saturated rings. The highest BCUT2D eigenvalue weighted by Crippen LogP contribution is 2.23. The van der Waals surface area contributed by atoms with Crippen LogP contribution in [0.15, 0.2) is 36.4 Å². The molecule has 3 heterocycles. The van der Waals surface area contributed by atoms with E-state index in [4.69, 9.17) is 4.98 Å². The Morgan fingerprint density at radius 1 is 1.13 bits per heavy atom. The third-order valence-electron chi connectivity index (χ3n) is 4.50. The Bertz CT molecular complexity index is 744. The molecule has 5 nitrogen and oxygen atoms in total. The van der Waals surface area contributed by atoms with Crippen LogP contribution in [-0.4, -0.2) is 29.0 Å². The normalized spacial score (nSPS) is 16.2. The third-order valence-corrected chi connectivity index (χ3v) is 4.50. The van der Waals surface area contributed by atoms with Gasteiger partial charge in [-0.25, -0.2) is 9.78 Å². The van der Waals surface area contributed by atoms with Crippen LogP contribution in [0.5, 0.6) is 0 Å². The number of para-hydroxylation sites is 1. The summed E-state index contributed by atoms with van der Waals surface area (Å²) in [7, 11) is 0. The molecule has 118 valence electrons. The lowest BCUT2D eigenvalue weighted by atomic mass is 10.1. The minimum absolute atomic E-state index is 0.0280. The van der Waals surface area contributed by atoms with Crippen molar-refractivity contribution in [2.24, 2.45) is 0 Å². The van der Waals surface area contributed by atoms with Crippen molar-refractivity contribution in [1.29, 1.82) is 0 Å². The van der Waals surface area contributed by atoms with Crippen LogP contribution in [0.25, 0.3) is 0 Å². The lowest BCUT2D eigenvalue weighted by molar-refractivity contribution is 0.207. The van der Waals surface area contributed by atoms with Gasteiger partial charge in [0.15, 0.2) is 0 Å². The fourth-order valence-electron chi connectivity index (χ4n) is 3.19. The summed E-state index contributed by atoms with van der Waals surface area (Å²) >= 11 is 0. The third kappa shape index (κ3) is 2.86. The number of amides is 2. The van der Waals surface area contributed by atoms with E-state index in [2.05, 4.69) is 28.8 Å². The molecule has 2 amide bonds. The molecule has 0 bridgehead atoms. The minimum Gasteiger partial charge on any atom is -0.370 e. The number of benzene rings is 1. The van der Waals surface area contributed by atoms with Crippen LogP contribution in [0.3, 0.4) is 0 Å². The highest BCUT2D eigenvalue weighted by molar-refractivity contribution is 5.92. The van der Waals surface area contributed by atoms with Gasteiger partial charge in [-0.15, -0.1) is 0 Å². The van der Waals surface area contributed by atoms with Gasteiger partial charge in [-0.05, 0) is 36.1 Å². The Hall–Kier alpha value is -2.56. The fourth-order valence-corrected chi connectivity index (χ4v) is 3.19. The number of rotatable bonds is 3. The number of aromatic nitrogens is 1. The molecule has 5 heteroatoms. The summed E-state index contributed by atoms with van der Waals surface area (Å²) in [6, 6.07) is 12.2. The second-order valence-corrected chi connectivity index (χ2v) is 6.10. The Labute approximate surface area is 135 Å². The molecule has 0 saturated heterocycles. The topological polar surface area (TPSA) is 57.3 Å². The van der Waals surface area contributed by atoms with E-state index in [0.717, 1.165) is 42.1 Å². The SMILES string of the molecule is O=C1Nc2ccccc2CN1CCc1ccc2c(n1)NCCC2. The first-order valence-corrected chi connectivity index (χ1v) is 8.16. The van der Waals surface area contributed by atoms with Crippen molar-refractivity contribution >= 4 is 17.5 Å². The predicted octanol–water partition coefficient (Wildman–Crippen LogP) is 3.03. The maximum absolute atomic E-state index is 12.2. The van der Waals surface area contributed by atoms with Gasteiger partial charge in [0, 0.05) is 37.4 Å². The first-order valence-electron chi connectivity index (χ1n) is 8.16. The highest BCUT2D eigenvalue weighted by atomic mass is 16.2. The first-order chi connectivity index (χ1) is 11.3. The molecule has 23 heavy (non-hydrogen) atoms. The Kier molecular flexibility index (Phi) is 3.61. The Morgan fingerprint density at radius 3 is 3.00 bits per heavy atom. The number of hydrogen-bond donors (Lipinski definition) is 2. The van der Waals surface area contributed by atoms with Gasteiger partial charge in [-0.3, -0.25) is 0 Å². The molecule has 1 aromatic heterocycles. The van der Waals surface area contributed by atoms with Gasteiger partial charge in [-0.1, -0.05) is 24.3 Å². The molecule has 2 aliphatic heterocycles. The zero-order valence-corrected chi connectivity index (χ0v) is 13.0. The molecule has 0 unspecified atom stereocenters. The average Bonchev–Trinajstić information content (AvgIpc) is 2.59. The van der Waals surface area contributed by atoms with Crippen LogP contribution in [0.4, 0.5) is 16.3 Å². The summed E-state index contributed by atoms with van der Waals surface area (Å²) in [4.78, 5) is 18.7. The zero-order valence-electron chi connectivity index (χ0n) is 13.0. The van der Waals surface area contributed by atoms with Crippen LogP contribution >= 0.6 is 0 Å². The van der Waals surface area contributed by atoms with E-state index < -0.39 is 0 Å².